The van der Waals surface area contributed by atoms with Crippen molar-refractivity contribution in [2.24, 2.45) is 11.8 Å². The van der Waals surface area contributed by atoms with Gasteiger partial charge in [0.2, 0.25) is 5.76 Å². The number of halogens is 3. The number of oxazole rings is 1. The first-order chi connectivity index (χ1) is 9.21. The summed E-state index contributed by atoms with van der Waals surface area (Å²) < 4.78 is 43.2. The largest absolute Gasteiger partial charge is 0.481 e. The average molecular weight is 292 g/mol. The van der Waals surface area contributed by atoms with Gasteiger partial charge in [0.05, 0.1) is 17.5 Å². The zero-order valence-corrected chi connectivity index (χ0v) is 10.3. The van der Waals surface area contributed by atoms with Crippen LogP contribution in [0.2, 0.25) is 0 Å². The number of likely N-dealkylation sites (tertiary alicyclic amines) is 1. The molecule has 0 spiro atoms. The minimum Gasteiger partial charge on any atom is -0.481 e. The van der Waals surface area contributed by atoms with E-state index < -0.39 is 43.0 Å². The van der Waals surface area contributed by atoms with Gasteiger partial charge in [-0.3, -0.25) is 9.59 Å². The molecule has 0 unspecified atom stereocenters. The van der Waals surface area contributed by atoms with Crippen LogP contribution < -0.4 is 0 Å². The van der Waals surface area contributed by atoms with Crippen LogP contribution in [-0.2, 0) is 4.79 Å². The molecule has 0 bridgehead atoms. The lowest BCUT2D eigenvalue weighted by molar-refractivity contribution is -0.187. The third-order valence-electron chi connectivity index (χ3n) is 3.28. The van der Waals surface area contributed by atoms with E-state index in [4.69, 9.17) is 9.52 Å². The lowest BCUT2D eigenvalue weighted by atomic mass is 9.96. The van der Waals surface area contributed by atoms with Crippen molar-refractivity contribution in [3.63, 3.8) is 0 Å². The maximum atomic E-state index is 12.8. The van der Waals surface area contributed by atoms with Gasteiger partial charge < -0.3 is 14.4 Å². The van der Waals surface area contributed by atoms with E-state index >= 15 is 0 Å². The third kappa shape index (κ3) is 2.47. The molecule has 0 aromatic carbocycles. The van der Waals surface area contributed by atoms with E-state index in [1.165, 1.54) is 6.92 Å². The normalized spacial score (nSPS) is 23.1. The van der Waals surface area contributed by atoms with Crippen molar-refractivity contribution in [3.8, 4) is 0 Å². The van der Waals surface area contributed by atoms with E-state index in [9.17, 15) is 22.8 Å². The number of carboxylic acid groups (broad SMARTS) is 1. The number of aliphatic carboxylic acids is 1. The molecule has 110 valence electrons. The number of rotatable bonds is 2. The topological polar surface area (TPSA) is 83.6 Å². The zero-order chi connectivity index (χ0) is 15.1. The van der Waals surface area contributed by atoms with Crippen molar-refractivity contribution in [2.75, 3.05) is 13.1 Å². The summed E-state index contributed by atoms with van der Waals surface area (Å²) >= 11 is 0. The first kappa shape index (κ1) is 14.4. The highest BCUT2D eigenvalue weighted by molar-refractivity contribution is 5.93. The number of nitrogens with zero attached hydrogens (tertiary/aromatic N) is 2. The number of alkyl halides is 3. The van der Waals surface area contributed by atoms with E-state index in [1.54, 1.807) is 0 Å². The molecule has 2 heterocycles. The Balaban J connectivity index is 2.22. The summed E-state index contributed by atoms with van der Waals surface area (Å²) in [5.41, 5.74) is 0.248. The van der Waals surface area contributed by atoms with Crippen molar-refractivity contribution in [3.05, 3.63) is 17.8 Å². The van der Waals surface area contributed by atoms with Crippen molar-refractivity contribution in [1.29, 1.82) is 0 Å². The summed E-state index contributed by atoms with van der Waals surface area (Å²) in [4.78, 5) is 27.4. The van der Waals surface area contributed by atoms with E-state index in [2.05, 4.69) is 4.98 Å². The van der Waals surface area contributed by atoms with Crippen LogP contribution >= 0.6 is 0 Å². The summed E-state index contributed by atoms with van der Waals surface area (Å²) in [6.07, 6.45) is -3.66. The van der Waals surface area contributed by atoms with E-state index in [-0.39, 0.29) is 11.5 Å². The first-order valence-electron chi connectivity index (χ1n) is 5.70. The second-order valence-electron chi connectivity index (χ2n) is 4.57. The Morgan fingerprint density at radius 3 is 2.50 bits per heavy atom. The van der Waals surface area contributed by atoms with Gasteiger partial charge in [-0.15, -0.1) is 0 Å². The molecule has 1 fully saturated rings. The second-order valence-corrected chi connectivity index (χ2v) is 4.57. The maximum absolute atomic E-state index is 12.8. The standard InChI is InChI=1S/C11H11F3N2O4/c1-5-8(20-4-15-5)9(17)16-2-6(10(18)19)7(3-16)11(12,13)14/h4,6-7H,2-3H2,1H3,(H,18,19)/t6-,7-/m1/s1. The number of aromatic nitrogens is 1. The lowest BCUT2D eigenvalue weighted by Crippen LogP contribution is -2.34. The fraction of sp³-hybridized carbons (Fsp3) is 0.545. The molecule has 1 amide bonds. The van der Waals surface area contributed by atoms with Crippen LogP contribution in [0.1, 0.15) is 16.2 Å². The molecular weight excluding hydrogens is 281 g/mol. The van der Waals surface area contributed by atoms with Crippen LogP contribution in [0.15, 0.2) is 10.8 Å². The van der Waals surface area contributed by atoms with E-state index in [0.29, 0.717) is 0 Å². The number of hydrogen-bond donors (Lipinski definition) is 1. The molecule has 9 heteroatoms. The van der Waals surface area contributed by atoms with Crippen molar-refractivity contribution in [1.82, 2.24) is 9.88 Å². The van der Waals surface area contributed by atoms with Crippen LogP contribution in [-0.4, -0.2) is 46.1 Å². The molecule has 1 aliphatic heterocycles. The molecule has 1 aromatic rings. The Labute approximate surface area is 111 Å². The van der Waals surface area contributed by atoms with Gasteiger partial charge in [-0.25, -0.2) is 4.98 Å². The minimum atomic E-state index is -4.67. The van der Waals surface area contributed by atoms with Gasteiger partial charge in [-0.05, 0) is 6.92 Å². The van der Waals surface area contributed by atoms with E-state index in [1.807, 2.05) is 0 Å². The number of aryl methyl sites for hydroxylation is 1. The summed E-state index contributed by atoms with van der Waals surface area (Å²) in [6.45, 7) is 0.278. The monoisotopic (exact) mass is 292 g/mol. The fourth-order valence-electron chi connectivity index (χ4n) is 2.20. The second kappa shape index (κ2) is 4.80. The summed E-state index contributed by atoms with van der Waals surface area (Å²) in [6, 6.07) is 0. The molecule has 1 aromatic heterocycles. The first-order valence-corrected chi connectivity index (χ1v) is 5.70. The van der Waals surface area contributed by atoms with Crippen molar-refractivity contribution < 1.29 is 32.3 Å². The molecule has 1 aliphatic rings. The Morgan fingerprint density at radius 1 is 1.45 bits per heavy atom. The maximum Gasteiger partial charge on any atom is 0.394 e. The van der Waals surface area contributed by atoms with Crippen LogP contribution in [0.25, 0.3) is 0 Å². The Bertz CT molecular complexity index is 540. The van der Waals surface area contributed by atoms with Gasteiger partial charge in [0.15, 0.2) is 6.39 Å². The predicted molar refractivity (Wildman–Crippen MR) is 57.8 cm³/mol. The molecule has 1 saturated heterocycles. The SMILES string of the molecule is Cc1ncoc1C(=O)N1C[C@@H](C(F)(F)F)[C@H](C(=O)O)C1. The van der Waals surface area contributed by atoms with Gasteiger partial charge in [-0.2, -0.15) is 13.2 Å². The van der Waals surface area contributed by atoms with Gasteiger partial charge in [0.25, 0.3) is 5.91 Å². The molecule has 0 aliphatic carbocycles. The van der Waals surface area contributed by atoms with Crippen molar-refractivity contribution >= 4 is 11.9 Å². The van der Waals surface area contributed by atoms with Gasteiger partial charge in [0, 0.05) is 13.1 Å². The number of carbonyl (C=O) groups excluding carboxylic acids is 1. The Kier molecular flexibility index (Phi) is 3.45. The summed E-state index contributed by atoms with van der Waals surface area (Å²) in [5, 5.41) is 8.86. The number of carbonyl (C=O) groups is 2. The Morgan fingerprint density at radius 2 is 2.10 bits per heavy atom. The average Bonchev–Trinajstić information content (AvgIpc) is 2.92. The van der Waals surface area contributed by atoms with Crippen molar-refractivity contribution in [2.45, 2.75) is 13.1 Å². The third-order valence-corrected chi connectivity index (χ3v) is 3.28. The highest BCUT2D eigenvalue weighted by atomic mass is 19.4. The molecule has 2 atom stereocenters. The van der Waals surface area contributed by atoms with E-state index in [0.717, 1.165) is 11.3 Å². The highest BCUT2D eigenvalue weighted by Gasteiger charge is 2.53. The lowest BCUT2D eigenvalue weighted by Gasteiger charge is -2.17. The van der Waals surface area contributed by atoms with Gasteiger partial charge in [0.1, 0.15) is 0 Å². The molecule has 2 rings (SSSR count). The zero-order valence-electron chi connectivity index (χ0n) is 10.3. The number of carboxylic acids is 1. The summed E-state index contributed by atoms with van der Waals surface area (Å²) in [7, 11) is 0. The fourth-order valence-corrected chi connectivity index (χ4v) is 2.20. The molecule has 1 N–H and O–H groups in total. The Hall–Kier alpha value is -2.06. The number of hydrogen-bond acceptors (Lipinski definition) is 4. The minimum absolute atomic E-state index is 0.169. The molecule has 0 radical (unpaired) electrons. The molecule has 20 heavy (non-hydrogen) atoms. The van der Waals surface area contributed by atoms with Crippen LogP contribution in [0.3, 0.4) is 0 Å². The molecule has 6 nitrogen and oxygen atoms in total. The van der Waals surface area contributed by atoms with Crippen LogP contribution in [0, 0.1) is 18.8 Å². The smallest absolute Gasteiger partial charge is 0.394 e. The summed E-state index contributed by atoms with van der Waals surface area (Å²) in [5.74, 6) is -6.26. The quantitative estimate of drug-likeness (QED) is 0.888. The van der Waals surface area contributed by atoms with Gasteiger partial charge in [-0.1, -0.05) is 0 Å². The molecular formula is C11H11F3N2O4. The predicted octanol–water partition coefficient (Wildman–Crippen LogP) is 1.32. The van der Waals surface area contributed by atoms with Gasteiger partial charge >= 0.3 is 12.1 Å². The highest BCUT2D eigenvalue weighted by Crippen LogP contribution is 2.38. The molecule has 0 saturated carbocycles. The van der Waals surface area contributed by atoms with Crippen LogP contribution in [0.5, 0.6) is 0 Å². The number of amides is 1. The van der Waals surface area contributed by atoms with Crippen LogP contribution in [0.4, 0.5) is 13.2 Å².